The van der Waals surface area contributed by atoms with Crippen LogP contribution < -0.4 is 10.0 Å². The molecule has 7 heteroatoms. The Kier molecular flexibility index (Phi) is 5.70. The lowest BCUT2D eigenvalue weighted by Crippen LogP contribution is -2.24. The van der Waals surface area contributed by atoms with E-state index >= 15 is 0 Å². The minimum Gasteiger partial charge on any atom is -0.352 e. The average Bonchev–Trinajstić information content (AvgIpc) is 2.55. The number of benzene rings is 1. The molecule has 1 amide bonds. The quantitative estimate of drug-likeness (QED) is 0.762. The van der Waals surface area contributed by atoms with E-state index < -0.39 is 10.0 Å². The van der Waals surface area contributed by atoms with Crippen molar-refractivity contribution in [3.8, 4) is 0 Å². The number of anilines is 1. The van der Waals surface area contributed by atoms with Crippen LogP contribution in [0.4, 0.5) is 5.69 Å². The summed E-state index contributed by atoms with van der Waals surface area (Å²) in [7, 11) is -3.72. The van der Waals surface area contributed by atoms with Gasteiger partial charge in [0.2, 0.25) is 0 Å². The molecule has 1 aromatic carbocycles. The molecule has 1 heterocycles. The molecule has 0 atom stereocenters. The first kappa shape index (κ1) is 17.0. The SMILES string of the molecule is CCCCNC(=O)c1cccc(NS(=O)(=O)c2cccnc2)c1. The molecule has 122 valence electrons. The molecular weight excluding hydrogens is 314 g/mol. The third-order valence-corrected chi connectivity index (χ3v) is 4.50. The Bertz CT molecular complexity index is 761. The number of amides is 1. The van der Waals surface area contributed by atoms with Gasteiger partial charge < -0.3 is 5.32 Å². The van der Waals surface area contributed by atoms with E-state index in [4.69, 9.17) is 0 Å². The standard InChI is InChI=1S/C16H19N3O3S/c1-2-3-10-18-16(20)13-6-4-7-14(11-13)19-23(21,22)15-8-5-9-17-12-15/h4-9,11-12,19H,2-3,10H2,1H3,(H,18,20). The maximum atomic E-state index is 12.2. The Morgan fingerprint density at radius 1 is 1.22 bits per heavy atom. The van der Waals surface area contributed by atoms with Gasteiger partial charge in [-0.3, -0.25) is 14.5 Å². The molecule has 0 aliphatic rings. The van der Waals surface area contributed by atoms with Crippen molar-refractivity contribution in [2.45, 2.75) is 24.7 Å². The Labute approximate surface area is 136 Å². The zero-order chi connectivity index (χ0) is 16.7. The number of rotatable bonds is 7. The highest BCUT2D eigenvalue weighted by molar-refractivity contribution is 7.92. The molecule has 0 aliphatic carbocycles. The second kappa shape index (κ2) is 7.73. The van der Waals surface area contributed by atoms with Gasteiger partial charge in [-0.15, -0.1) is 0 Å². The molecule has 2 N–H and O–H groups in total. The molecule has 0 bridgehead atoms. The number of aromatic nitrogens is 1. The van der Waals surface area contributed by atoms with Gasteiger partial charge in [-0.05, 0) is 36.8 Å². The van der Waals surface area contributed by atoms with Gasteiger partial charge in [0.1, 0.15) is 4.90 Å². The molecular formula is C16H19N3O3S. The predicted octanol–water partition coefficient (Wildman–Crippen LogP) is 2.41. The minimum atomic E-state index is -3.72. The first-order valence-corrected chi connectivity index (χ1v) is 8.82. The summed E-state index contributed by atoms with van der Waals surface area (Å²) in [6.07, 6.45) is 4.66. The minimum absolute atomic E-state index is 0.0674. The van der Waals surface area contributed by atoms with Gasteiger partial charge in [-0.2, -0.15) is 0 Å². The van der Waals surface area contributed by atoms with Crippen molar-refractivity contribution < 1.29 is 13.2 Å². The van der Waals surface area contributed by atoms with Crippen LogP contribution in [0.15, 0.2) is 53.7 Å². The average molecular weight is 333 g/mol. The van der Waals surface area contributed by atoms with Crippen molar-refractivity contribution in [3.63, 3.8) is 0 Å². The summed E-state index contributed by atoms with van der Waals surface area (Å²) in [4.78, 5) is 15.9. The largest absolute Gasteiger partial charge is 0.352 e. The Morgan fingerprint density at radius 2 is 2.04 bits per heavy atom. The molecule has 0 aliphatic heterocycles. The summed E-state index contributed by atoms with van der Waals surface area (Å²) in [5.74, 6) is -0.221. The highest BCUT2D eigenvalue weighted by Gasteiger charge is 2.15. The van der Waals surface area contributed by atoms with Gasteiger partial charge in [-0.1, -0.05) is 19.4 Å². The smallest absolute Gasteiger partial charge is 0.263 e. The highest BCUT2D eigenvalue weighted by atomic mass is 32.2. The Balaban J connectivity index is 2.12. The number of pyridine rings is 1. The molecule has 0 spiro atoms. The third-order valence-electron chi connectivity index (χ3n) is 3.14. The number of hydrogen-bond donors (Lipinski definition) is 2. The van der Waals surface area contributed by atoms with Crippen molar-refractivity contribution >= 4 is 21.6 Å². The second-order valence-corrected chi connectivity index (χ2v) is 6.67. The monoisotopic (exact) mass is 333 g/mol. The van der Waals surface area contributed by atoms with Gasteiger partial charge in [0, 0.05) is 30.2 Å². The molecule has 0 unspecified atom stereocenters. The van der Waals surface area contributed by atoms with Crippen LogP contribution in [-0.2, 0) is 10.0 Å². The predicted molar refractivity (Wildman–Crippen MR) is 88.7 cm³/mol. The fraction of sp³-hybridized carbons (Fsp3) is 0.250. The molecule has 23 heavy (non-hydrogen) atoms. The lowest BCUT2D eigenvalue weighted by molar-refractivity contribution is 0.0953. The Morgan fingerprint density at radius 3 is 2.74 bits per heavy atom. The summed E-state index contributed by atoms with van der Waals surface area (Å²) in [6.45, 7) is 2.64. The summed E-state index contributed by atoms with van der Waals surface area (Å²) < 4.78 is 26.9. The summed E-state index contributed by atoms with van der Waals surface area (Å²) >= 11 is 0. The lowest BCUT2D eigenvalue weighted by atomic mass is 10.2. The molecule has 0 saturated carbocycles. The number of nitrogens with one attached hydrogen (secondary N) is 2. The van der Waals surface area contributed by atoms with E-state index in [-0.39, 0.29) is 10.8 Å². The fourth-order valence-corrected chi connectivity index (χ4v) is 2.94. The van der Waals surface area contributed by atoms with Crippen LogP contribution in [0.2, 0.25) is 0 Å². The molecule has 6 nitrogen and oxygen atoms in total. The number of carbonyl (C=O) groups is 1. The normalized spacial score (nSPS) is 11.0. The maximum absolute atomic E-state index is 12.2. The molecule has 0 radical (unpaired) electrons. The van der Waals surface area contributed by atoms with Crippen molar-refractivity contribution in [2.24, 2.45) is 0 Å². The second-order valence-electron chi connectivity index (χ2n) is 4.98. The lowest BCUT2D eigenvalue weighted by Gasteiger charge is -2.09. The van der Waals surface area contributed by atoms with E-state index in [1.807, 2.05) is 6.92 Å². The zero-order valence-corrected chi connectivity index (χ0v) is 13.6. The van der Waals surface area contributed by atoms with Crippen LogP contribution in [0.1, 0.15) is 30.1 Å². The summed E-state index contributed by atoms with van der Waals surface area (Å²) in [5, 5.41) is 2.80. The Hall–Kier alpha value is -2.41. The van der Waals surface area contributed by atoms with Crippen LogP contribution in [0.3, 0.4) is 0 Å². The molecule has 2 rings (SSSR count). The highest BCUT2D eigenvalue weighted by Crippen LogP contribution is 2.16. The molecule has 0 saturated heterocycles. The van der Waals surface area contributed by atoms with Gasteiger partial charge in [0.25, 0.3) is 15.9 Å². The summed E-state index contributed by atoms with van der Waals surface area (Å²) in [6, 6.07) is 9.38. The van der Waals surface area contributed by atoms with Gasteiger partial charge >= 0.3 is 0 Å². The van der Waals surface area contributed by atoms with E-state index in [1.165, 1.54) is 24.5 Å². The van der Waals surface area contributed by atoms with Crippen LogP contribution >= 0.6 is 0 Å². The maximum Gasteiger partial charge on any atom is 0.263 e. The van der Waals surface area contributed by atoms with E-state index in [0.29, 0.717) is 17.8 Å². The van der Waals surface area contributed by atoms with Crippen LogP contribution in [0.5, 0.6) is 0 Å². The number of nitrogens with zero attached hydrogens (tertiary/aromatic N) is 1. The van der Waals surface area contributed by atoms with E-state index in [9.17, 15) is 13.2 Å². The van der Waals surface area contributed by atoms with Gasteiger partial charge in [-0.25, -0.2) is 8.42 Å². The van der Waals surface area contributed by atoms with E-state index in [1.54, 1.807) is 24.3 Å². The molecule has 2 aromatic rings. The summed E-state index contributed by atoms with van der Waals surface area (Å²) in [5.41, 5.74) is 0.740. The zero-order valence-electron chi connectivity index (χ0n) is 12.8. The third kappa shape index (κ3) is 4.79. The van der Waals surface area contributed by atoms with Gasteiger partial charge in [0.05, 0.1) is 0 Å². The number of unbranched alkanes of at least 4 members (excludes halogenated alkanes) is 1. The van der Waals surface area contributed by atoms with Crippen molar-refractivity contribution in [1.82, 2.24) is 10.3 Å². The van der Waals surface area contributed by atoms with Crippen molar-refractivity contribution in [2.75, 3.05) is 11.3 Å². The van der Waals surface area contributed by atoms with Crippen LogP contribution in [-0.4, -0.2) is 25.9 Å². The van der Waals surface area contributed by atoms with Crippen molar-refractivity contribution in [3.05, 3.63) is 54.4 Å². The molecule has 0 fully saturated rings. The van der Waals surface area contributed by atoms with E-state index in [0.717, 1.165) is 12.8 Å². The topological polar surface area (TPSA) is 88.2 Å². The fourth-order valence-electron chi connectivity index (χ4n) is 1.92. The van der Waals surface area contributed by atoms with Crippen LogP contribution in [0, 0.1) is 0 Å². The van der Waals surface area contributed by atoms with Gasteiger partial charge in [0.15, 0.2) is 0 Å². The number of hydrogen-bond acceptors (Lipinski definition) is 4. The van der Waals surface area contributed by atoms with Crippen molar-refractivity contribution in [1.29, 1.82) is 0 Å². The van der Waals surface area contributed by atoms with E-state index in [2.05, 4.69) is 15.0 Å². The van der Waals surface area contributed by atoms with Crippen LogP contribution in [0.25, 0.3) is 0 Å². The first-order chi connectivity index (χ1) is 11.0. The first-order valence-electron chi connectivity index (χ1n) is 7.34. The number of carbonyl (C=O) groups excluding carboxylic acids is 1. The number of sulfonamides is 1. The molecule has 1 aromatic heterocycles.